The average molecular weight is 370 g/mol. The molecule has 0 aromatic carbocycles. The molecule has 0 aliphatic rings. The molecule has 26 heavy (non-hydrogen) atoms. The highest BCUT2D eigenvalue weighted by Crippen LogP contribution is 2.29. The van der Waals surface area contributed by atoms with Crippen LogP contribution in [0.4, 0.5) is 22.0 Å². The molecule has 2 N–H and O–H groups in total. The molecule has 0 aliphatic heterocycles. The molecule has 0 saturated heterocycles. The van der Waals surface area contributed by atoms with E-state index in [0.717, 1.165) is 22.6 Å². The molecule has 1 unspecified atom stereocenters. The minimum absolute atomic E-state index is 0.282. The van der Waals surface area contributed by atoms with Gasteiger partial charge in [0.25, 0.3) is 0 Å². The number of imidazole rings is 1. The first-order chi connectivity index (χ1) is 12.6. The van der Waals surface area contributed by atoms with Crippen LogP contribution in [-0.2, 0) is 7.05 Å². The molecule has 4 rings (SSSR count). The highest BCUT2D eigenvalue weighted by atomic mass is 32.1. The number of anilines is 3. The normalized spacial score (nSPS) is 12.3. The molecular formula is C16H15FN8S. The van der Waals surface area contributed by atoms with Crippen LogP contribution in [0.3, 0.4) is 0 Å². The van der Waals surface area contributed by atoms with E-state index in [1.165, 1.54) is 11.3 Å². The number of hydrogen-bond acceptors (Lipinski definition) is 8. The van der Waals surface area contributed by atoms with Gasteiger partial charge in [0.2, 0.25) is 5.95 Å². The van der Waals surface area contributed by atoms with Crippen molar-refractivity contribution >= 4 is 39.1 Å². The number of thiophene rings is 1. The summed E-state index contributed by atoms with van der Waals surface area (Å²) in [6.07, 6.45) is 5.85. The summed E-state index contributed by atoms with van der Waals surface area (Å²) < 4.78 is 14.8. The zero-order valence-electron chi connectivity index (χ0n) is 14.0. The van der Waals surface area contributed by atoms with Crippen molar-refractivity contribution in [2.24, 2.45) is 7.05 Å². The van der Waals surface area contributed by atoms with Crippen molar-refractivity contribution in [1.82, 2.24) is 29.5 Å². The van der Waals surface area contributed by atoms with Crippen LogP contribution in [0.15, 0.2) is 36.4 Å². The first-order valence-corrected chi connectivity index (χ1v) is 8.70. The van der Waals surface area contributed by atoms with Crippen LogP contribution in [-0.4, -0.2) is 29.5 Å². The Morgan fingerprint density at radius 1 is 1.19 bits per heavy atom. The second-order valence-electron chi connectivity index (χ2n) is 5.71. The van der Waals surface area contributed by atoms with Crippen molar-refractivity contribution in [3.63, 3.8) is 0 Å². The molecule has 0 radical (unpaired) electrons. The Balaban J connectivity index is 1.63. The van der Waals surface area contributed by atoms with Gasteiger partial charge in [-0.1, -0.05) is 0 Å². The van der Waals surface area contributed by atoms with Gasteiger partial charge in [0.1, 0.15) is 22.3 Å². The van der Waals surface area contributed by atoms with E-state index in [9.17, 15) is 4.39 Å². The van der Waals surface area contributed by atoms with Crippen LogP contribution in [0.25, 0.3) is 10.2 Å². The van der Waals surface area contributed by atoms with Gasteiger partial charge in [0, 0.05) is 13.2 Å². The van der Waals surface area contributed by atoms with Crippen molar-refractivity contribution < 1.29 is 4.39 Å². The lowest BCUT2D eigenvalue weighted by Crippen LogP contribution is -2.13. The summed E-state index contributed by atoms with van der Waals surface area (Å²) in [7, 11) is 1.90. The summed E-state index contributed by atoms with van der Waals surface area (Å²) in [5.74, 6) is 1.77. The lowest BCUT2D eigenvalue weighted by Gasteiger charge is -2.13. The molecule has 4 aromatic rings. The van der Waals surface area contributed by atoms with Crippen LogP contribution in [0.2, 0.25) is 0 Å². The zero-order chi connectivity index (χ0) is 18.1. The fourth-order valence-corrected chi connectivity index (χ4v) is 3.18. The van der Waals surface area contributed by atoms with Gasteiger partial charge < -0.3 is 15.2 Å². The fourth-order valence-electron chi connectivity index (χ4n) is 2.42. The van der Waals surface area contributed by atoms with E-state index in [0.29, 0.717) is 23.4 Å². The number of aromatic nitrogens is 6. The Hall–Kier alpha value is -3.14. The zero-order valence-corrected chi connectivity index (χ0v) is 14.8. The van der Waals surface area contributed by atoms with E-state index in [2.05, 4.69) is 35.6 Å². The van der Waals surface area contributed by atoms with Crippen molar-refractivity contribution in [2.75, 3.05) is 10.6 Å². The fraction of sp³-hybridized carbons (Fsp3) is 0.188. The number of aryl methyl sites for hydroxylation is 1. The summed E-state index contributed by atoms with van der Waals surface area (Å²) in [5.41, 5.74) is 0. The van der Waals surface area contributed by atoms with Gasteiger partial charge in [-0.05, 0) is 18.4 Å². The van der Waals surface area contributed by atoms with Gasteiger partial charge in [0.15, 0.2) is 5.82 Å². The third kappa shape index (κ3) is 3.31. The lowest BCUT2D eigenvalue weighted by molar-refractivity contribution is 0.604. The predicted molar refractivity (Wildman–Crippen MR) is 97.9 cm³/mol. The van der Waals surface area contributed by atoms with Gasteiger partial charge in [-0.15, -0.1) is 11.3 Å². The molecule has 0 bridgehead atoms. The molecule has 0 fully saturated rings. The monoisotopic (exact) mass is 370 g/mol. The minimum atomic E-state index is -0.473. The van der Waals surface area contributed by atoms with Crippen LogP contribution < -0.4 is 10.6 Å². The lowest BCUT2D eigenvalue weighted by atomic mass is 10.3. The van der Waals surface area contributed by atoms with Crippen molar-refractivity contribution in [1.29, 1.82) is 0 Å². The average Bonchev–Trinajstić information content (AvgIpc) is 3.24. The van der Waals surface area contributed by atoms with E-state index in [1.807, 2.05) is 36.2 Å². The van der Waals surface area contributed by atoms with Gasteiger partial charge in [0.05, 0.1) is 30.1 Å². The molecule has 0 saturated carbocycles. The number of nitrogens with zero attached hydrogens (tertiary/aromatic N) is 6. The van der Waals surface area contributed by atoms with Gasteiger partial charge in [-0.2, -0.15) is 4.98 Å². The van der Waals surface area contributed by atoms with E-state index >= 15 is 0 Å². The largest absolute Gasteiger partial charge is 0.344 e. The minimum Gasteiger partial charge on any atom is -0.344 e. The van der Waals surface area contributed by atoms with Gasteiger partial charge in [-0.25, -0.2) is 24.3 Å². The molecule has 8 nitrogen and oxygen atoms in total. The Bertz CT molecular complexity index is 1040. The van der Waals surface area contributed by atoms with Crippen LogP contribution in [0.5, 0.6) is 0 Å². The number of hydrogen-bond donors (Lipinski definition) is 2. The number of rotatable bonds is 5. The van der Waals surface area contributed by atoms with E-state index in [1.54, 1.807) is 6.33 Å². The van der Waals surface area contributed by atoms with E-state index in [-0.39, 0.29) is 6.04 Å². The molecule has 132 valence electrons. The highest BCUT2D eigenvalue weighted by molar-refractivity contribution is 7.16. The number of nitrogens with one attached hydrogen (secondary N) is 2. The number of fused-ring (bicyclic) bond motifs is 1. The summed E-state index contributed by atoms with van der Waals surface area (Å²) in [4.78, 5) is 22.2. The Labute approximate surface area is 152 Å². The SMILES string of the molecule is CC(Nc1nc(Nc2cn(C)cn2)c2ccsc2n1)c1ncc(F)cn1. The van der Waals surface area contributed by atoms with Crippen LogP contribution in [0.1, 0.15) is 18.8 Å². The van der Waals surface area contributed by atoms with Crippen molar-refractivity contribution in [3.05, 3.63) is 48.0 Å². The Morgan fingerprint density at radius 2 is 2.00 bits per heavy atom. The third-order valence-electron chi connectivity index (χ3n) is 3.65. The first-order valence-electron chi connectivity index (χ1n) is 7.82. The Kier molecular flexibility index (Phi) is 4.17. The van der Waals surface area contributed by atoms with Crippen LogP contribution in [0, 0.1) is 5.82 Å². The third-order valence-corrected chi connectivity index (χ3v) is 4.46. The van der Waals surface area contributed by atoms with Gasteiger partial charge in [-0.3, -0.25) is 0 Å². The second-order valence-corrected chi connectivity index (χ2v) is 6.60. The predicted octanol–water partition coefficient (Wildman–Crippen LogP) is 3.27. The number of halogens is 1. The molecule has 10 heteroatoms. The molecule has 0 spiro atoms. The molecule has 1 atom stereocenters. The smallest absolute Gasteiger partial charge is 0.226 e. The quantitative estimate of drug-likeness (QED) is 0.557. The summed E-state index contributed by atoms with van der Waals surface area (Å²) in [6.45, 7) is 1.86. The summed E-state index contributed by atoms with van der Waals surface area (Å²) >= 11 is 1.52. The van der Waals surface area contributed by atoms with E-state index < -0.39 is 5.82 Å². The molecule has 4 heterocycles. The van der Waals surface area contributed by atoms with Crippen molar-refractivity contribution in [2.45, 2.75) is 13.0 Å². The maximum absolute atomic E-state index is 13.0. The first kappa shape index (κ1) is 16.3. The molecule has 4 aromatic heterocycles. The standard InChI is InChI=1S/C16H15FN8S/c1-9(13-18-5-10(17)6-19-13)21-16-23-14(11-3-4-26-15(11)24-16)22-12-7-25(2)8-20-12/h3-9H,1-2H3,(H2,21,22,23,24). The van der Waals surface area contributed by atoms with Crippen LogP contribution >= 0.6 is 11.3 Å². The highest BCUT2D eigenvalue weighted by Gasteiger charge is 2.14. The summed E-state index contributed by atoms with van der Waals surface area (Å²) in [5, 5.41) is 9.25. The molecule has 0 amide bonds. The maximum atomic E-state index is 13.0. The van der Waals surface area contributed by atoms with E-state index in [4.69, 9.17) is 0 Å². The molecule has 0 aliphatic carbocycles. The maximum Gasteiger partial charge on any atom is 0.226 e. The Morgan fingerprint density at radius 3 is 2.73 bits per heavy atom. The topological polar surface area (TPSA) is 93.4 Å². The van der Waals surface area contributed by atoms with Gasteiger partial charge >= 0.3 is 0 Å². The molecular weight excluding hydrogens is 355 g/mol. The summed E-state index contributed by atoms with van der Waals surface area (Å²) in [6, 6.07) is 1.68. The van der Waals surface area contributed by atoms with Crippen molar-refractivity contribution in [3.8, 4) is 0 Å². The second kappa shape index (κ2) is 6.64.